The average Bonchev–Trinajstić information content (AvgIpc) is 3.68. The molecule has 1 saturated carbocycles. The molecule has 2 fully saturated rings. The molecular weight excluding hydrogens is 484 g/mol. The van der Waals surface area contributed by atoms with Crippen molar-refractivity contribution < 1.29 is 28.0 Å². The van der Waals surface area contributed by atoms with Gasteiger partial charge < -0.3 is 20.9 Å². The van der Waals surface area contributed by atoms with Crippen LogP contribution in [0.25, 0.3) is 0 Å². The fourth-order valence-corrected chi connectivity index (χ4v) is 4.13. The van der Waals surface area contributed by atoms with Gasteiger partial charge in [-0.05, 0) is 30.5 Å². The second-order valence-corrected chi connectivity index (χ2v) is 9.44. The molecule has 2 aliphatic rings. The van der Waals surface area contributed by atoms with Gasteiger partial charge in [0, 0.05) is 38.5 Å². The molecule has 1 saturated heterocycles. The highest BCUT2D eigenvalue weighted by atomic mass is 19.3. The van der Waals surface area contributed by atoms with Gasteiger partial charge in [-0.2, -0.15) is 0 Å². The second-order valence-electron chi connectivity index (χ2n) is 9.44. The lowest BCUT2D eigenvalue weighted by Crippen LogP contribution is -2.58. The largest absolute Gasteiger partial charge is 0.344 e. The number of halogens is 2. The maximum Gasteiger partial charge on any atom is 0.318 e. The summed E-state index contributed by atoms with van der Waals surface area (Å²) in [5.74, 6) is -5.08. The smallest absolute Gasteiger partial charge is 0.318 e. The van der Waals surface area contributed by atoms with Crippen molar-refractivity contribution in [2.75, 3.05) is 13.1 Å². The second kappa shape index (κ2) is 11.0. The van der Waals surface area contributed by atoms with E-state index in [2.05, 4.69) is 20.9 Å². The van der Waals surface area contributed by atoms with E-state index in [4.69, 9.17) is 0 Å². The molecule has 196 valence electrons. The van der Waals surface area contributed by atoms with E-state index in [-0.39, 0.29) is 26.1 Å². The molecule has 4 rings (SSSR count). The van der Waals surface area contributed by atoms with E-state index in [1.807, 2.05) is 6.07 Å². The highest BCUT2D eigenvalue weighted by molar-refractivity contribution is 6.38. The topological polar surface area (TPSA) is 120 Å². The molecule has 1 aliphatic carbocycles. The Morgan fingerprint density at radius 1 is 0.946 bits per heavy atom. The summed E-state index contributed by atoms with van der Waals surface area (Å²) in [7, 11) is 0. The molecule has 0 spiro atoms. The van der Waals surface area contributed by atoms with Crippen LogP contribution < -0.4 is 16.0 Å². The monoisotopic (exact) mass is 513 g/mol. The van der Waals surface area contributed by atoms with Crippen LogP contribution in [0.1, 0.15) is 36.9 Å². The van der Waals surface area contributed by atoms with E-state index < -0.39 is 54.0 Å². The molecule has 9 nitrogen and oxygen atoms in total. The Bertz CT molecular complexity index is 1130. The maximum atomic E-state index is 13.4. The zero-order valence-corrected chi connectivity index (χ0v) is 20.2. The molecule has 37 heavy (non-hydrogen) atoms. The van der Waals surface area contributed by atoms with E-state index in [0.717, 1.165) is 5.56 Å². The number of hydrogen-bond donors (Lipinski definition) is 3. The number of alkyl halides is 2. The first-order valence-electron chi connectivity index (χ1n) is 12.2. The Labute approximate surface area is 213 Å². The summed E-state index contributed by atoms with van der Waals surface area (Å²) in [6.07, 6.45) is 1.47. The first-order valence-corrected chi connectivity index (χ1v) is 12.2. The lowest BCUT2D eigenvalue weighted by atomic mass is 10.0. The summed E-state index contributed by atoms with van der Waals surface area (Å²) in [5, 5.41) is 7.84. The average molecular weight is 514 g/mol. The van der Waals surface area contributed by atoms with Gasteiger partial charge in [-0.3, -0.25) is 19.4 Å². The number of rotatable bonds is 9. The van der Waals surface area contributed by atoms with Crippen LogP contribution in [0.3, 0.4) is 0 Å². The molecule has 2 heterocycles. The molecule has 1 aromatic heterocycles. The van der Waals surface area contributed by atoms with Crippen molar-refractivity contribution in [3.63, 3.8) is 0 Å². The van der Waals surface area contributed by atoms with Gasteiger partial charge in [0.15, 0.2) is 0 Å². The number of amides is 4. The first kappa shape index (κ1) is 26.2. The number of benzene rings is 1. The van der Waals surface area contributed by atoms with Crippen LogP contribution in [0.4, 0.5) is 13.6 Å². The van der Waals surface area contributed by atoms with Crippen LogP contribution in [-0.4, -0.2) is 64.1 Å². The van der Waals surface area contributed by atoms with E-state index in [1.54, 1.807) is 48.7 Å². The summed E-state index contributed by atoms with van der Waals surface area (Å²) in [6.45, 7) is -0.170. The van der Waals surface area contributed by atoms with Crippen LogP contribution >= 0.6 is 0 Å². The molecular formula is C26H29F2N5O4. The van der Waals surface area contributed by atoms with Crippen molar-refractivity contribution in [3.05, 3.63) is 66.0 Å². The first-order chi connectivity index (χ1) is 17.7. The number of Topliss-reactive ketones (excluding diaryl/α,β-unsaturated/α-hetero) is 1. The summed E-state index contributed by atoms with van der Waals surface area (Å²) >= 11 is 0. The van der Waals surface area contributed by atoms with Gasteiger partial charge >= 0.3 is 6.03 Å². The van der Waals surface area contributed by atoms with Crippen LogP contribution in [0.5, 0.6) is 0 Å². The van der Waals surface area contributed by atoms with Crippen molar-refractivity contribution in [2.24, 2.45) is 0 Å². The normalized spacial score (nSPS) is 18.3. The molecule has 0 unspecified atom stereocenters. The maximum absolute atomic E-state index is 13.4. The fourth-order valence-electron chi connectivity index (χ4n) is 4.13. The number of hydrogen-bond acceptors (Lipinski definition) is 5. The number of carbonyl (C=O) groups excluding carboxylic acids is 4. The van der Waals surface area contributed by atoms with Gasteiger partial charge in [-0.15, -0.1) is 0 Å². The number of nitrogens with zero attached hydrogens (tertiary/aromatic N) is 2. The minimum atomic E-state index is -2.80. The predicted molar refractivity (Wildman–Crippen MR) is 129 cm³/mol. The highest BCUT2D eigenvalue weighted by Gasteiger charge is 2.53. The fraction of sp³-hybridized carbons (Fsp3) is 0.423. The van der Waals surface area contributed by atoms with Gasteiger partial charge in [-0.25, -0.2) is 13.6 Å². The van der Waals surface area contributed by atoms with Crippen LogP contribution in [0, 0.1) is 0 Å². The summed E-state index contributed by atoms with van der Waals surface area (Å²) in [4.78, 5) is 57.0. The number of carbonyl (C=O) groups is 4. The SMILES string of the molecule is O=C(NCc1ccccn1)C(=O)[C@@H](Cc1ccccc1)NC(=O)C1(NC(=O)N2CCC(F)(F)CC2)CC1. The number of pyridine rings is 1. The molecule has 2 aromatic rings. The molecule has 1 atom stereocenters. The van der Waals surface area contributed by atoms with Gasteiger partial charge in [0.2, 0.25) is 11.7 Å². The molecule has 11 heteroatoms. The third-order valence-electron chi connectivity index (χ3n) is 6.60. The number of ketones is 1. The third kappa shape index (κ3) is 6.87. The van der Waals surface area contributed by atoms with Crippen LogP contribution in [-0.2, 0) is 27.3 Å². The van der Waals surface area contributed by atoms with E-state index >= 15 is 0 Å². The number of piperidine rings is 1. The third-order valence-corrected chi connectivity index (χ3v) is 6.60. The molecule has 1 aromatic carbocycles. The Morgan fingerprint density at radius 3 is 2.24 bits per heavy atom. The van der Waals surface area contributed by atoms with Crippen molar-refractivity contribution in [1.29, 1.82) is 0 Å². The number of aromatic nitrogens is 1. The van der Waals surface area contributed by atoms with Crippen molar-refractivity contribution in [1.82, 2.24) is 25.8 Å². The van der Waals surface area contributed by atoms with Crippen LogP contribution in [0.15, 0.2) is 54.7 Å². The predicted octanol–water partition coefficient (Wildman–Crippen LogP) is 1.97. The zero-order chi connectivity index (χ0) is 26.5. The van der Waals surface area contributed by atoms with Crippen molar-refractivity contribution in [3.8, 4) is 0 Å². The Hall–Kier alpha value is -3.89. The molecule has 3 N–H and O–H groups in total. The van der Waals surface area contributed by atoms with Gasteiger partial charge in [0.25, 0.3) is 11.8 Å². The Morgan fingerprint density at radius 2 is 1.62 bits per heavy atom. The number of nitrogens with one attached hydrogen (secondary N) is 3. The van der Waals surface area contributed by atoms with Crippen molar-refractivity contribution >= 4 is 23.6 Å². The molecule has 1 aliphatic heterocycles. The minimum Gasteiger partial charge on any atom is -0.344 e. The highest BCUT2D eigenvalue weighted by Crippen LogP contribution is 2.36. The number of likely N-dealkylation sites (tertiary alicyclic amines) is 1. The molecule has 0 bridgehead atoms. The van der Waals surface area contributed by atoms with Crippen LogP contribution in [0.2, 0.25) is 0 Å². The van der Waals surface area contributed by atoms with E-state index in [0.29, 0.717) is 18.5 Å². The minimum absolute atomic E-state index is 0.0479. The van der Waals surface area contributed by atoms with Gasteiger partial charge in [0.1, 0.15) is 11.6 Å². The van der Waals surface area contributed by atoms with E-state index in [1.165, 1.54) is 4.90 Å². The zero-order valence-electron chi connectivity index (χ0n) is 20.2. The summed E-state index contributed by atoms with van der Waals surface area (Å²) < 4.78 is 26.9. The lowest BCUT2D eigenvalue weighted by molar-refractivity contribution is -0.140. The molecule has 0 radical (unpaired) electrons. The van der Waals surface area contributed by atoms with Crippen molar-refractivity contribution in [2.45, 2.75) is 56.2 Å². The summed E-state index contributed by atoms with van der Waals surface area (Å²) in [6, 6.07) is 12.4. The van der Waals surface area contributed by atoms with Gasteiger partial charge in [-0.1, -0.05) is 36.4 Å². The molecule has 4 amide bonds. The standard InChI is InChI=1S/C26H29F2N5O4/c27-26(28)11-14-33(15-12-26)24(37)32-25(9-10-25)23(36)31-20(16-18-6-2-1-3-7-18)21(34)22(35)30-17-19-8-4-5-13-29-19/h1-8,13,20H,9-12,14-17H2,(H,30,35)(H,31,36)(H,32,37)/t20-/m1/s1. The quantitative estimate of drug-likeness (QED) is 0.443. The van der Waals surface area contributed by atoms with E-state index in [9.17, 15) is 28.0 Å². The Kier molecular flexibility index (Phi) is 7.80. The number of urea groups is 1. The summed E-state index contributed by atoms with van der Waals surface area (Å²) in [5.41, 5.74) is 0.0701. The lowest BCUT2D eigenvalue weighted by Gasteiger charge is -2.33. The van der Waals surface area contributed by atoms with Gasteiger partial charge in [0.05, 0.1) is 12.2 Å². The Balaban J connectivity index is 1.40.